The van der Waals surface area contributed by atoms with E-state index < -0.39 is 11.7 Å². The number of pyridine rings is 1. The van der Waals surface area contributed by atoms with Crippen LogP contribution in [0.4, 0.5) is 15.8 Å². The molecule has 0 atom stereocenters. The zero-order valence-corrected chi connectivity index (χ0v) is 9.80. The molecule has 2 rings (SSSR count). The Morgan fingerprint density at radius 2 is 2.17 bits per heavy atom. The number of hydrogen-bond donors (Lipinski definition) is 1. The van der Waals surface area contributed by atoms with Gasteiger partial charge in [-0.1, -0.05) is 0 Å². The van der Waals surface area contributed by atoms with Gasteiger partial charge in [0.2, 0.25) is 0 Å². The fourth-order valence-electron chi connectivity index (χ4n) is 1.56. The molecular formula is C13H12FN3O. The smallest absolute Gasteiger partial charge is 0.261 e. The van der Waals surface area contributed by atoms with Gasteiger partial charge in [0.1, 0.15) is 5.82 Å². The number of benzene rings is 1. The highest BCUT2D eigenvalue weighted by Gasteiger charge is 2.17. The van der Waals surface area contributed by atoms with Crippen molar-refractivity contribution in [1.82, 2.24) is 4.98 Å². The summed E-state index contributed by atoms with van der Waals surface area (Å²) in [5, 5.41) is 0. The molecule has 4 nitrogen and oxygen atoms in total. The summed E-state index contributed by atoms with van der Waals surface area (Å²) in [6.07, 6.45) is 3.13. The van der Waals surface area contributed by atoms with Crippen LogP contribution >= 0.6 is 0 Å². The number of nitrogens with two attached hydrogens (primary N) is 1. The minimum absolute atomic E-state index is 0.0543. The lowest BCUT2D eigenvalue weighted by atomic mass is 10.1. The molecule has 1 aromatic heterocycles. The van der Waals surface area contributed by atoms with Gasteiger partial charge in [0.15, 0.2) is 0 Å². The monoisotopic (exact) mass is 245 g/mol. The lowest BCUT2D eigenvalue weighted by Crippen LogP contribution is -2.27. The summed E-state index contributed by atoms with van der Waals surface area (Å²) in [7, 11) is 1.56. The van der Waals surface area contributed by atoms with Gasteiger partial charge in [-0.2, -0.15) is 0 Å². The average Bonchev–Trinajstić information content (AvgIpc) is 2.41. The number of nitrogen functional groups attached to an aromatic ring is 1. The van der Waals surface area contributed by atoms with Gasteiger partial charge in [-0.15, -0.1) is 0 Å². The highest BCUT2D eigenvalue weighted by Crippen LogP contribution is 2.17. The third-order valence-corrected chi connectivity index (χ3v) is 2.56. The second-order valence-electron chi connectivity index (χ2n) is 3.81. The molecule has 1 amide bonds. The first-order valence-corrected chi connectivity index (χ1v) is 5.32. The molecule has 1 aromatic carbocycles. The van der Waals surface area contributed by atoms with Gasteiger partial charge in [0, 0.05) is 18.9 Å². The maximum atomic E-state index is 13.6. The highest BCUT2D eigenvalue weighted by atomic mass is 19.1. The van der Waals surface area contributed by atoms with Gasteiger partial charge in [0.25, 0.3) is 5.91 Å². The summed E-state index contributed by atoms with van der Waals surface area (Å²) in [5.74, 6) is -1.06. The van der Waals surface area contributed by atoms with Crippen LogP contribution in [0.25, 0.3) is 0 Å². The first kappa shape index (κ1) is 12.0. The van der Waals surface area contributed by atoms with Crippen molar-refractivity contribution in [3.63, 3.8) is 0 Å². The molecule has 2 aromatic rings. The number of amides is 1. The number of nitrogens with zero attached hydrogens (tertiary/aromatic N) is 2. The zero-order valence-electron chi connectivity index (χ0n) is 9.80. The molecule has 0 aliphatic heterocycles. The molecule has 92 valence electrons. The Balaban J connectivity index is 2.34. The van der Waals surface area contributed by atoms with Gasteiger partial charge >= 0.3 is 0 Å². The van der Waals surface area contributed by atoms with E-state index in [1.165, 1.54) is 29.3 Å². The van der Waals surface area contributed by atoms with E-state index in [9.17, 15) is 9.18 Å². The quantitative estimate of drug-likeness (QED) is 0.824. The second kappa shape index (κ2) is 4.83. The maximum absolute atomic E-state index is 13.6. The molecule has 0 saturated carbocycles. The number of halogens is 1. The SMILES string of the molecule is CN(C(=O)c1cc(N)ccc1F)c1cccnc1. The molecule has 0 unspecified atom stereocenters. The van der Waals surface area contributed by atoms with E-state index >= 15 is 0 Å². The van der Waals surface area contributed by atoms with Crippen LogP contribution in [0.2, 0.25) is 0 Å². The van der Waals surface area contributed by atoms with Crippen molar-refractivity contribution in [2.75, 3.05) is 17.7 Å². The van der Waals surface area contributed by atoms with E-state index in [-0.39, 0.29) is 5.56 Å². The summed E-state index contributed by atoms with van der Waals surface area (Å²) in [6, 6.07) is 7.34. The van der Waals surface area contributed by atoms with E-state index in [0.29, 0.717) is 11.4 Å². The van der Waals surface area contributed by atoms with Gasteiger partial charge in [-0.3, -0.25) is 9.78 Å². The van der Waals surface area contributed by atoms with Gasteiger partial charge in [-0.25, -0.2) is 4.39 Å². The predicted octanol–water partition coefficient (Wildman–Crippen LogP) is 2.08. The molecule has 0 aliphatic carbocycles. The zero-order chi connectivity index (χ0) is 13.1. The van der Waals surface area contributed by atoms with Crippen LogP contribution in [0.1, 0.15) is 10.4 Å². The van der Waals surface area contributed by atoms with E-state index in [0.717, 1.165) is 0 Å². The van der Waals surface area contributed by atoms with Crippen LogP contribution in [0.5, 0.6) is 0 Å². The molecule has 0 radical (unpaired) electrons. The van der Waals surface area contributed by atoms with E-state index in [4.69, 9.17) is 5.73 Å². The summed E-state index contributed by atoms with van der Waals surface area (Å²) in [5.41, 5.74) is 6.43. The molecule has 0 saturated heterocycles. The van der Waals surface area contributed by atoms with Crippen LogP contribution in [0.3, 0.4) is 0 Å². The van der Waals surface area contributed by atoms with E-state index in [1.54, 1.807) is 25.4 Å². The van der Waals surface area contributed by atoms with Crippen LogP contribution in [0, 0.1) is 5.82 Å². The van der Waals surface area contributed by atoms with Crippen molar-refractivity contribution >= 4 is 17.3 Å². The molecule has 18 heavy (non-hydrogen) atoms. The van der Waals surface area contributed by atoms with Gasteiger partial charge < -0.3 is 10.6 Å². The van der Waals surface area contributed by atoms with Gasteiger partial charge in [0.05, 0.1) is 17.4 Å². The molecule has 5 heteroatoms. The third-order valence-electron chi connectivity index (χ3n) is 2.56. The first-order chi connectivity index (χ1) is 8.59. The largest absolute Gasteiger partial charge is 0.399 e. The highest BCUT2D eigenvalue weighted by molar-refractivity contribution is 6.06. The number of rotatable bonds is 2. The molecular weight excluding hydrogens is 233 g/mol. The lowest BCUT2D eigenvalue weighted by Gasteiger charge is -2.17. The van der Waals surface area contributed by atoms with Crippen molar-refractivity contribution in [2.24, 2.45) is 0 Å². The summed E-state index contributed by atoms with van der Waals surface area (Å²) >= 11 is 0. The Morgan fingerprint density at radius 3 is 2.83 bits per heavy atom. The van der Waals surface area contributed by atoms with Crippen LogP contribution < -0.4 is 10.6 Å². The predicted molar refractivity (Wildman–Crippen MR) is 67.8 cm³/mol. The Morgan fingerprint density at radius 1 is 1.39 bits per heavy atom. The summed E-state index contributed by atoms with van der Waals surface area (Å²) < 4.78 is 13.6. The molecule has 0 spiro atoms. The maximum Gasteiger partial charge on any atom is 0.261 e. The molecule has 1 heterocycles. The van der Waals surface area contributed by atoms with Crippen molar-refractivity contribution < 1.29 is 9.18 Å². The molecule has 2 N–H and O–H groups in total. The van der Waals surface area contributed by atoms with Crippen LogP contribution in [-0.2, 0) is 0 Å². The molecule has 0 fully saturated rings. The number of carbonyl (C=O) groups is 1. The van der Waals surface area contributed by atoms with Crippen molar-refractivity contribution in [2.45, 2.75) is 0 Å². The Kier molecular flexibility index (Phi) is 3.23. The topological polar surface area (TPSA) is 59.2 Å². The Hall–Kier alpha value is -2.43. The van der Waals surface area contributed by atoms with E-state index in [2.05, 4.69) is 4.98 Å². The average molecular weight is 245 g/mol. The van der Waals surface area contributed by atoms with Crippen molar-refractivity contribution in [3.8, 4) is 0 Å². The normalized spacial score (nSPS) is 10.1. The number of anilines is 2. The third kappa shape index (κ3) is 2.29. The Bertz CT molecular complexity index is 572. The number of aromatic nitrogens is 1. The van der Waals surface area contributed by atoms with Crippen LogP contribution in [-0.4, -0.2) is 17.9 Å². The summed E-state index contributed by atoms with van der Waals surface area (Å²) in [4.78, 5) is 17.4. The Labute approximate surface area is 104 Å². The van der Waals surface area contributed by atoms with Crippen molar-refractivity contribution in [3.05, 3.63) is 54.1 Å². The lowest BCUT2D eigenvalue weighted by molar-refractivity contribution is 0.0989. The van der Waals surface area contributed by atoms with Crippen molar-refractivity contribution in [1.29, 1.82) is 0 Å². The fraction of sp³-hybridized carbons (Fsp3) is 0.0769. The molecule has 0 bridgehead atoms. The summed E-state index contributed by atoms with van der Waals surface area (Å²) in [6.45, 7) is 0. The minimum atomic E-state index is -0.593. The number of carbonyl (C=O) groups excluding carboxylic acids is 1. The molecule has 0 aliphatic rings. The van der Waals surface area contributed by atoms with Crippen LogP contribution in [0.15, 0.2) is 42.7 Å². The standard InChI is InChI=1S/C13H12FN3O/c1-17(10-3-2-6-16-8-10)13(18)11-7-9(15)4-5-12(11)14/h2-8H,15H2,1H3. The van der Waals surface area contributed by atoms with E-state index in [1.807, 2.05) is 0 Å². The minimum Gasteiger partial charge on any atom is -0.399 e. The van der Waals surface area contributed by atoms with Gasteiger partial charge in [-0.05, 0) is 30.3 Å². The first-order valence-electron chi connectivity index (χ1n) is 5.32. The number of hydrogen-bond acceptors (Lipinski definition) is 3. The fourth-order valence-corrected chi connectivity index (χ4v) is 1.56. The second-order valence-corrected chi connectivity index (χ2v) is 3.81.